The molecule has 0 saturated carbocycles. The number of nitrogen functional groups attached to an aromatic ring is 1. The first-order valence-corrected chi connectivity index (χ1v) is 5.22. The molecule has 16 heavy (non-hydrogen) atoms. The normalized spacial score (nSPS) is 10.4. The van der Waals surface area contributed by atoms with Gasteiger partial charge in [-0.05, 0) is 31.0 Å². The molecule has 0 fully saturated rings. The molecule has 86 valence electrons. The van der Waals surface area contributed by atoms with E-state index in [4.69, 9.17) is 5.73 Å². The highest BCUT2D eigenvalue weighted by atomic mass is 16.2. The van der Waals surface area contributed by atoms with Crippen molar-refractivity contribution in [2.75, 3.05) is 11.1 Å². The number of rotatable bonds is 3. The molecule has 4 nitrogen and oxygen atoms in total. The standard InChI is InChI=1S/C12H17N3O/c1-3-4-7-14-12(16)15-11-8-9(2)5-6-10(11)13/h4-8H,3,13H2,1-2H3,(H2,14,15,16)/b7-4+. The van der Waals surface area contributed by atoms with Gasteiger partial charge in [0.15, 0.2) is 0 Å². The lowest BCUT2D eigenvalue weighted by atomic mass is 10.2. The van der Waals surface area contributed by atoms with Crippen LogP contribution in [0.15, 0.2) is 30.5 Å². The van der Waals surface area contributed by atoms with E-state index in [1.165, 1.54) is 0 Å². The van der Waals surface area contributed by atoms with E-state index in [1.807, 2.05) is 32.1 Å². The molecule has 1 aromatic carbocycles. The number of allylic oxidation sites excluding steroid dienone is 1. The number of hydrogen-bond donors (Lipinski definition) is 3. The van der Waals surface area contributed by atoms with Crippen LogP contribution >= 0.6 is 0 Å². The third kappa shape index (κ3) is 3.65. The maximum Gasteiger partial charge on any atom is 0.323 e. The van der Waals surface area contributed by atoms with Crippen molar-refractivity contribution in [2.24, 2.45) is 0 Å². The lowest BCUT2D eigenvalue weighted by molar-refractivity contribution is 0.255. The lowest BCUT2D eigenvalue weighted by Crippen LogP contribution is -2.24. The monoisotopic (exact) mass is 219 g/mol. The highest BCUT2D eigenvalue weighted by Crippen LogP contribution is 2.19. The van der Waals surface area contributed by atoms with Crippen molar-refractivity contribution in [3.63, 3.8) is 0 Å². The van der Waals surface area contributed by atoms with E-state index in [2.05, 4.69) is 10.6 Å². The number of nitrogens with two attached hydrogens (primary N) is 1. The molecular weight excluding hydrogens is 202 g/mol. The van der Waals surface area contributed by atoms with E-state index in [9.17, 15) is 4.79 Å². The number of carbonyl (C=O) groups excluding carboxylic acids is 1. The fourth-order valence-corrected chi connectivity index (χ4v) is 1.19. The molecule has 1 aromatic rings. The van der Waals surface area contributed by atoms with Gasteiger partial charge in [0, 0.05) is 6.20 Å². The van der Waals surface area contributed by atoms with Crippen LogP contribution in [0.1, 0.15) is 18.9 Å². The summed E-state index contributed by atoms with van der Waals surface area (Å²) in [5.41, 5.74) is 7.96. The summed E-state index contributed by atoms with van der Waals surface area (Å²) in [6, 6.07) is 5.21. The van der Waals surface area contributed by atoms with Gasteiger partial charge in [0.25, 0.3) is 0 Å². The minimum atomic E-state index is -0.290. The van der Waals surface area contributed by atoms with Gasteiger partial charge in [0.2, 0.25) is 0 Å². The summed E-state index contributed by atoms with van der Waals surface area (Å²) in [6.07, 6.45) is 4.35. The molecule has 4 heteroatoms. The van der Waals surface area contributed by atoms with Crippen molar-refractivity contribution < 1.29 is 4.79 Å². The minimum Gasteiger partial charge on any atom is -0.397 e. The SMILES string of the molecule is CC/C=C/NC(=O)Nc1cc(C)ccc1N. The minimum absolute atomic E-state index is 0.290. The van der Waals surface area contributed by atoms with Crippen molar-refractivity contribution >= 4 is 17.4 Å². The smallest absolute Gasteiger partial charge is 0.323 e. The zero-order chi connectivity index (χ0) is 12.0. The second-order valence-corrected chi connectivity index (χ2v) is 3.50. The first-order chi connectivity index (χ1) is 7.63. The van der Waals surface area contributed by atoms with Gasteiger partial charge in [-0.15, -0.1) is 0 Å². The maximum absolute atomic E-state index is 11.4. The summed E-state index contributed by atoms with van der Waals surface area (Å²) in [4.78, 5) is 11.4. The van der Waals surface area contributed by atoms with Crippen LogP contribution in [0.2, 0.25) is 0 Å². The van der Waals surface area contributed by atoms with E-state index in [0.717, 1.165) is 12.0 Å². The molecule has 0 atom stereocenters. The Morgan fingerprint density at radius 1 is 1.50 bits per heavy atom. The molecule has 0 aliphatic carbocycles. The maximum atomic E-state index is 11.4. The largest absolute Gasteiger partial charge is 0.397 e. The van der Waals surface area contributed by atoms with Gasteiger partial charge in [0.05, 0.1) is 11.4 Å². The Balaban J connectivity index is 2.62. The van der Waals surface area contributed by atoms with E-state index in [1.54, 1.807) is 12.3 Å². The highest BCUT2D eigenvalue weighted by molar-refractivity contribution is 5.93. The highest BCUT2D eigenvalue weighted by Gasteiger charge is 2.02. The van der Waals surface area contributed by atoms with E-state index in [-0.39, 0.29) is 6.03 Å². The molecule has 0 bridgehead atoms. The van der Waals surface area contributed by atoms with Crippen LogP contribution in [0, 0.1) is 6.92 Å². The molecule has 0 aliphatic rings. The Labute approximate surface area is 95.5 Å². The average Bonchev–Trinajstić information content (AvgIpc) is 2.24. The van der Waals surface area contributed by atoms with Crippen LogP contribution in [-0.4, -0.2) is 6.03 Å². The zero-order valence-corrected chi connectivity index (χ0v) is 9.58. The second kappa shape index (κ2) is 5.80. The summed E-state index contributed by atoms with van der Waals surface area (Å²) < 4.78 is 0. The molecule has 0 aromatic heterocycles. The molecule has 2 amide bonds. The van der Waals surface area contributed by atoms with Gasteiger partial charge >= 0.3 is 6.03 Å². The van der Waals surface area contributed by atoms with Crippen LogP contribution in [0.5, 0.6) is 0 Å². The van der Waals surface area contributed by atoms with Crippen molar-refractivity contribution in [1.82, 2.24) is 5.32 Å². The van der Waals surface area contributed by atoms with Crippen molar-refractivity contribution in [1.29, 1.82) is 0 Å². The van der Waals surface area contributed by atoms with Crippen LogP contribution in [0.3, 0.4) is 0 Å². The molecule has 0 spiro atoms. The van der Waals surface area contributed by atoms with Crippen LogP contribution < -0.4 is 16.4 Å². The van der Waals surface area contributed by atoms with Gasteiger partial charge in [-0.2, -0.15) is 0 Å². The van der Waals surface area contributed by atoms with E-state index in [0.29, 0.717) is 11.4 Å². The van der Waals surface area contributed by atoms with Crippen molar-refractivity contribution in [3.05, 3.63) is 36.0 Å². The van der Waals surface area contributed by atoms with Gasteiger partial charge in [0.1, 0.15) is 0 Å². The van der Waals surface area contributed by atoms with Crippen molar-refractivity contribution in [2.45, 2.75) is 20.3 Å². The van der Waals surface area contributed by atoms with E-state index >= 15 is 0 Å². The Kier molecular flexibility index (Phi) is 4.39. The molecule has 0 radical (unpaired) electrons. The number of aryl methyl sites for hydroxylation is 1. The molecule has 0 heterocycles. The lowest BCUT2D eigenvalue weighted by Gasteiger charge is -2.08. The Hall–Kier alpha value is -1.97. The molecule has 1 rings (SSSR count). The summed E-state index contributed by atoms with van der Waals surface area (Å²) in [6.45, 7) is 3.94. The number of benzene rings is 1. The number of carbonyl (C=O) groups is 1. The molecule has 0 aliphatic heterocycles. The fourth-order valence-electron chi connectivity index (χ4n) is 1.19. The molecule has 4 N–H and O–H groups in total. The summed E-state index contributed by atoms with van der Waals surface area (Å²) in [7, 11) is 0. The topological polar surface area (TPSA) is 67.2 Å². The third-order valence-electron chi connectivity index (χ3n) is 2.02. The predicted octanol–water partition coefficient (Wildman–Crippen LogP) is 2.62. The van der Waals surface area contributed by atoms with Gasteiger partial charge in [-0.3, -0.25) is 0 Å². The fraction of sp³-hybridized carbons (Fsp3) is 0.250. The number of nitrogens with one attached hydrogen (secondary N) is 2. The number of urea groups is 1. The van der Waals surface area contributed by atoms with Crippen LogP contribution in [0.25, 0.3) is 0 Å². The van der Waals surface area contributed by atoms with Crippen LogP contribution in [-0.2, 0) is 0 Å². The average molecular weight is 219 g/mol. The van der Waals surface area contributed by atoms with E-state index < -0.39 is 0 Å². The molecular formula is C12H17N3O. The zero-order valence-electron chi connectivity index (χ0n) is 9.58. The third-order valence-corrected chi connectivity index (χ3v) is 2.02. The Morgan fingerprint density at radius 2 is 2.25 bits per heavy atom. The predicted molar refractivity (Wildman–Crippen MR) is 67.2 cm³/mol. The number of anilines is 2. The Morgan fingerprint density at radius 3 is 2.94 bits per heavy atom. The Bertz CT molecular complexity index is 399. The number of amides is 2. The quantitative estimate of drug-likeness (QED) is 0.684. The molecule has 0 saturated heterocycles. The summed E-state index contributed by atoms with van der Waals surface area (Å²) in [5, 5.41) is 5.28. The van der Waals surface area contributed by atoms with Gasteiger partial charge in [-0.25, -0.2) is 4.79 Å². The molecule has 0 unspecified atom stereocenters. The first-order valence-electron chi connectivity index (χ1n) is 5.22. The van der Waals surface area contributed by atoms with Gasteiger partial charge in [-0.1, -0.05) is 19.1 Å². The summed E-state index contributed by atoms with van der Waals surface area (Å²) >= 11 is 0. The van der Waals surface area contributed by atoms with Crippen LogP contribution in [0.4, 0.5) is 16.2 Å². The summed E-state index contributed by atoms with van der Waals surface area (Å²) in [5.74, 6) is 0. The first kappa shape index (κ1) is 12.1. The van der Waals surface area contributed by atoms with Gasteiger partial charge < -0.3 is 16.4 Å². The number of hydrogen-bond acceptors (Lipinski definition) is 2. The second-order valence-electron chi connectivity index (χ2n) is 3.50. The van der Waals surface area contributed by atoms with Crippen molar-refractivity contribution in [3.8, 4) is 0 Å².